The second kappa shape index (κ2) is 3.05. The van der Waals surface area contributed by atoms with Gasteiger partial charge in [0.1, 0.15) is 6.04 Å². The maximum absolute atomic E-state index is 11.1. The number of Topliss-reactive ketones (excluding diaryl/α,β-unsaturated/α-hetero) is 1. The highest BCUT2D eigenvalue weighted by molar-refractivity contribution is 5.86. The maximum atomic E-state index is 11.1. The van der Waals surface area contributed by atoms with E-state index in [-0.39, 0.29) is 11.8 Å². The molecule has 1 N–H and O–H groups in total. The van der Waals surface area contributed by atoms with Crippen LogP contribution in [-0.4, -0.2) is 34.5 Å². The number of hydrogen-bond acceptors (Lipinski definition) is 3. The Morgan fingerprint density at radius 1 is 1.91 bits per heavy atom. The SMILES string of the molecule is C=CN1CCC(=O)C1C(C)O. The molecule has 1 rings (SSSR count). The molecule has 0 aromatic heterocycles. The number of hydrogen-bond donors (Lipinski definition) is 1. The van der Waals surface area contributed by atoms with E-state index < -0.39 is 6.10 Å². The molecular weight excluding hydrogens is 142 g/mol. The van der Waals surface area contributed by atoms with Crippen molar-refractivity contribution in [2.75, 3.05) is 6.54 Å². The monoisotopic (exact) mass is 155 g/mol. The molecule has 1 saturated heterocycles. The number of aliphatic hydroxyl groups excluding tert-OH is 1. The topological polar surface area (TPSA) is 40.5 Å². The van der Waals surface area contributed by atoms with Crippen molar-refractivity contribution in [1.29, 1.82) is 0 Å². The average molecular weight is 155 g/mol. The summed E-state index contributed by atoms with van der Waals surface area (Å²) in [5, 5.41) is 9.21. The van der Waals surface area contributed by atoms with Gasteiger partial charge in [0.05, 0.1) is 6.10 Å². The molecule has 0 radical (unpaired) electrons. The highest BCUT2D eigenvalue weighted by Crippen LogP contribution is 2.16. The summed E-state index contributed by atoms with van der Waals surface area (Å²) in [6.45, 7) is 5.89. The van der Waals surface area contributed by atoms with Gasteiger partial charge in [-0.25, -0.2) is 0 Å². The molecule has 0 aromatic carbocycles. The molecule has 2 unspecified atom stereocenters. The Morgan fingerprint density at radius 3 is 2.91 bits per heavy atom. The summed E-state index contributed by atoms with van der Waals surface area (Å²) in [5.41, 5.74) is 0. The number of carbonyl (C=O) groups excluding carboxylic acids is 1. The summed E-state index contributed by atoms with van der Waals surface area (Å²) >= 11 is 0. The van der Waals surface area contributed by atoms with Gasteiger partial charge in [-0.3, -0.25) is 4.79 Å². The maximum Gasteiger partial charge on any atom is 0.159 e. The predicted molar refractivity (Wildman–Crippen MR) is 42.0 cm³/mol. The van der Waals surface area contributed by atoms with Crippen LogP contribution in [0.4, 0.5) is 0 Å². The van der Waals surface area contributed by atoms with Gasteiger partial charge >= 0.3 is 0 Å². The zero-order valence-electron chi connectivity index (χ0n) is 6.66. The summed E-state index contributed by atoms with van der Waals surface area (Å²) in [4.78, 5) is 12.9. The molecule has 62 valence electrons. The van der Waals surface area contributed by atoms with Crippen molar-refractivity contribution in [3.63, 3.8) is 0 Å². The van der Waals surface area contributed by atoms with E-state index in [2.05, 4.69) is 6.58 Å². The van der Waals surface area contributed by atoms with Crippen LogP contribution < -0.4 is 0 Å². The van der Waals surface area contributed by atoms with Gasteiger partial charge in [-0.15, -0.1) is 0 Å². The third-order valence-electron chi connectivity index (χ3n) is 2.00. The first-order valence-electron chi connectivity index (χ1n) is 3.76. The molecule has 2 atom stereocenters. The van der Waals surface area contributed by atoms with Crippen LogP contribution in [-0.2, 0) is 4.79 Å². The summed E-state index contributed by atoms with van der Waals surface area (Å²) in [6.07, 6.45) is 1.55. The number of carbonyl (C=O) groups is 1. The van der Waals surface area contributed by atoms with E-state index in [1.165, 1.54) is 0 Å². The number of likely N-dealkylation sites (tertiary alicyclic amines) is 1. The second-order valence-corrected chi connectivity index (χ2v) is 2.82. The first-order chi connectivity index (χ1) is 5.16. The Morgan fingerprint density at radius 2 is 2.55 bits per heavy atom. The normalized spacial score (nSPS) is 27.3. The molecule has 1 aliphatic rings. The van der Waals surface area contributed by atoms with Crippen molar-refractivity contribution in [2.45, 2.75) is 25.5 Å². The predicted octanol–water partition coefficient (Wildman–Crippen LogP) is 0.154. The minimum Gasteiger partial charge on any atom is -0.391 e. The molecule has 3 nitrogen and oxygen atoms in total. The molecule has 0 amide bonds. The number of aliphatic hydroxyl groups is 1. The van der Waals surface area contributed by atoms with Crippen molar-refractivity contribution < 1.29 is 9.90 Å². The fourth-order valence-electron chi connectivity index (χ4n) is 1.46. The summed E-state index contributed by atoms with van der Waals surface area (Å²) in [5.74, 6) is 0.111. The van der Waals surface area contributed by atoms with E-state index in [0.29, 0.717) is 13.0 Å². The van der Waals surface area contributed by atoms with E-state index in [1.807, 2.05) is 0 Å². The van der Waals surface area contributed by atoms with Crippen molar-refractivity contribution in [1.82, 2.24) is 4.90 Å². The smallest absolute Gasteiger partial charge is 0.159 e. The van der Waals surface area contributed by atoms with E-state index in [9.17, 15) is 9.90 Å². The zero-order chi connectivity index (χ0) is 8.43. The molecule has 0 bridgehead atoms. The van der Waals surface area contributed by atoms with Gasteiger partial charge < -0.3 is 10.0 Å². The van der Waals surface area contributed by atoms with Crippen LogP contribution in [0.15, 0.2) is 12.8 Å². The zero-order valence-corrected chi connectivity index (χ0v) is 6.66. The molecule has 3 heteroatoms. The lowest BCUT2D eigenvalue weighted by Crippen LogP contribution is -2.38. The Kier molecular flexibility index (Phi) is 2.29. The van der Waals surface area contributed by atoms with Crippen molar-refractivity contribution in [2.24, 2.45) is 0 Å². The highest BCUT2D eigenvalue weighted by Gasteiger charge is 2.33. The van der Waals surface area contributed by atoms with Gasteiger partial charge in [-0.2, -0.15) is 0 Å². The number of rotatable bonds is 2. The van der Waals surface area contributed by atoms with Gasteiger partial charge in [-0.1, -0.05) is 6.58 Å². The number of ketones is 1. The van der Waals surface area contributed by atoms with Crippen molar-refractivity contribution >= 4 is 5.78 Å². The molecule has 1 aliphatic heterocycles. The molecule has 0 aromatic rings. The largest absolute Gasteiger partial charge is 0.391 e. The molecule has 1 heterocycles. The fourth-order valence-corrected chi connectivity index (χ4v) is 1.46. The Bertz CT molecular complexity index is 177. The Balaban J connectivity index is 2.71. The van der Waals surface area contributed by atoms with Gasteiger partial charge in [0.25, 0.3) is 0 Å². The summed E-state index contributed by atoms with van der Waals surface area (Å²) < 4.78 is 0. The number of nitrogens with zero attached hydrogens (tertiary/aromatic N) is 1. The third-order valence-corrected chi connectivity index (χ3v) is 2.00. The Labute approximate surface area is 66.3 Å². The molecule has 0 saturated carbocycles. The molecule has 0 spiro atoms. The highest BCUT2D eigenvalue weighted by atomic mass is 16.3. The van der Waals surface area contributed by atoms with Crippen LogP contribution in [0.2, 0.25) is 0 Å². The first-order valence-corrected chi connectivity index (χ1v) is 3.76. The molecular formula is C8H13NO2. The van der Waals surface area contributed by atoms with Crippen LogP contribution in [0.1, 0.15) is 13.3 Å². The van der Waals surface area contributed by atoms with Gasteiger partial charge in [0.15, 0.2) is 5.78 Å². The Hall–Kier alpha value is -0.830. The van der Waals surface area contributed by atoms with Gasteiger partial charge in [0, 0.05) is 13.0 Å². The van der Waals surface area contributed by atoms with E-state index in [0.717, 1.165) is 0 Å². The quantitative estimate of drug-likeness (QED) is 0.617. The first kappa shape index (κ1) is 8.27. The lowest BCUT2D eigenvalue weighted by atomic mass is 10.1. The lowest BCUT2D eigenvalue weighted by molar-refractivity contribution is -0.122. The van der Waals surface area contributed by atoms with Crippen molar-refractivity contribution in [3.8, 4) is 0 Å². The minimum absolute atomic E-state index is 0.111. The van der Waals surface area contributed by atoms with Crippen LogP contribution in [0, 0.1) is 0 Å². The summed E-state index contributed by atoms with van der Waals surface area (Å²) in [6, 6.07) is -0.354. The van der Waals surface area contributed by atoms with Crippen molar-refractivity contribution in [3.05, 3.63) is 12.8 Å². The van der Waals surface area contributed by atoms with Gasteiger partial charge in [-0.05, 0) is 13.1 Å². The van der Waals surface area contributed by atoms with E-state index in [1.54, 1.807) is 18.0 Å². The third kappa shape index (κ3) is 1.43. The minimum atomic E-state index is -0.594. The van der Waals surface area contributed by atoms with Gasteiger partial charge in [0.2, 0.25) is 0 Å². The lowest BCUT2D eigenvalue weighted by Gasteiger charge is -2.22. The fraction of sp³-hybridized carbons (Fsp3) is 0.625. The van der Waals surface area contributed by atoms with Crippen LogP contribution >= 0.6 is 0 Å². The van der Waals surface area contributed by atoms with E-state index in [4.69, 9.17) is 0 Å². The van der Waals surface area contributed by atoms with Crippen LogP contribution in [0.3, 0.4) is 0 Å². The standard InChI is InChI=1S/C8H13NO2/c1-3-9-5-4-7(11)8(9)6(2)10/h3,6,8,10H,1,4-5H2,2H3. The van der Waals surface area contributed by atoms with Crippen LogP contribution in [0.25, 0.3) is 0 Å². The second-order valence-electron chi connectivity index (χ2n) is 2.82. The average Bonchev–Trinajstić information content (AvgIpc) is 2.30. The van der Waals surface area contributed by atoms with Crippen LogP contribution in [0.5, 0.6) is 0 Å². The summed E-state index contributed by atoms with van der Waals surface area (Å²) in [7, 11) is 0. The molecule has 1 fully saturated rings. The molecule has 11 heavy (non-hydrogen) atoms. The molecule has 0 aliphatic carbocycles. The van der Waals surface area contributed by atoms with E-state index >= 15 is 0 Å².